The summed E-state index contributed by atoms with van der Waals surface area (Å²) in [6, 6.07) is 13.2. The lowest BCUT2D eigenvalue weighted by Crippen LogP contribution is -2.37. The molecule has 4 rings (SSSR count). The van der Waals surface area contributed by atoms with E-state index in [0.29, 0.717) is 23.7 Å². The van der Waals surface area contributed by atoms with Crippen LogP contribution in [0.25, 0.3) is 11.2 Å². The largest absolute Gasteiger partial charge is 0.332 e. The zero-order valence-corrected chi connectivity index (χ0v) is 17.9. The summed E-state index contributed by atoms with van der Waals surface area (Å²) in [5.41, 5.74) is 4.27. The van der Waals surface area contributed by atoms with E-state index < -0.39 is 11.2 Å². The van der Waals surface area contributed by atoms with Crippen LogP contribution in [0.15, 0.2) is 67.8 Å². The number of anilines is 1. The monoisotopic (exact) mass is 467 g/mol. The zero-order valence-electron chi connectivity index (χ0n) is 16.3. The van der Waals surface area contributed by atoms with E-state index in [0.717, 1.165) is 14.6 Å². The van der Waals surface area contributed by atoms with Crippen molar-refractivity contribution in [2.24, 2.45) is 19.2 Å². The first-order valence-electron chi connectivity index (χ1n) is 9.06. The van der Waals surface area contributed by atoms with Gasteiger partial charge in [0.1, 0.15) is 0 Å². The Balaban J connectivity index is 1.83. The summed E-state index contributed by atoms with van der Waals surface area (Å²) in [4.78, 5) is 33.9. The smallest absolute Gasteiger partial charge is 0.298 e. The minimum Gasteiger partial charge on any atom is -0.298 e. The van der Waals surface area contributed by atoms with Crippen molar-refractivity contribution >= 4 is 39.3 Å². The summed E-state index contributed by atoms with van der Waals surface area (Å²) in [5.74, 6) is 0.346. The van der Waals surface area contributed by atoms with Gasteiger partial charge in [-0.3, -0.25) is 23.5 Å². The fourth-order valence-corrected chi connectivity index (χ4v) is 3.33. The van der Waals surface area contributed by atoms with Gasteiger partial charge in [-0.15, -0.1) is 0 Å². The van der Waals surface area contributed by atoms with Gasteiger partial charge in [-0.1, -0.05) is 34.1 Å². The van der Waals surface area contributed by atoms with Gasteiger partial charge in [0, 0.05) is 24.8 Å². The van der Waals surface area contributed by atoms with Gasteiger partial charge in [0.2, 0.25) is 5.95 Å². The molecule has 0 aliphatic carbocycles. The Morgan fingerprint density at radius 2 is 1.87 bits per heavy atom. The zero-order chi connectivity index (χ0) is 21.3. The molecule has 1 N–H and O–H groups in total. The average molecular weight is 468 g/mol. The molecular weight excluding hydrogens is 450 g/mol. The first-order chi connectivity index (χ1) is 14.5. The van der Waals surface area contributed by atoms with Crippen LogP contribution in [-0.2, 0) is 20.6 Å². The molecule has 0 amide bonds. The first-order valence-corrected chi connectivity index (χ1v) is 9.86. The number of aryl methyl sites for hydroxylation is 1. The van der Waals surface area contributed by atoms with Crippen molar-refractivity contribution < 1.29 is 0 Å². The number of aromatic nitrogens is 5. The molecule has 0 saturated heterocycles. The van der Waals surface area contributed by atoms with E-state index in [9.17, 15) is 9.59 Å². The number of hydrogen-bond acceptors (Lipinski definition) is 6. The molecule has 10 heteroatoms. The summed E-state index contributed by atoms with van der Waals surface area (Å²) in [6.07, 6.45) is 3.23. The van der Waals surface area contributed by atoms with Crippen molar-refractivity contribution in [3.8, 4) is 0 Å². The number of nitrogens with one attached hydrogen (secondary N) is 1. The van der Waals surface area contributed by atoms with Crippen molar-refractivity contribution in [2.75, 3.05) is 5.43 Å². The van der Waals surface area contributed by atoms with Crippen LogP contribution in [0, 0.1) is 0 Å². The van der Waals surface area contributed by atoms with Crippen LogP contribution in [-0.4, -0.2) is 29.9 Å². The normalized spacial score (nSPS) is 11.4. The van der Waals surface area contributed by atoms with Crippen molar-refractivity contribution in [3.05, 3.63) is 85.2 Å². The molecule has 30 heavy (non-hydrogen) atoms. The predicted molar refractivity (Wildman–Crippen MR) is 119 cm³/mol. The van der Waals surface area contributed by atoms with Gasteiger partial charge in [-0.2, -0.15) is 10.1 Å². The number of hydrogen-bond donors (Lipinski definition) is 1. The molecule has 0 bridgehead atoms. The lowest BCUT2D eigenvalue weighted by atomic mass is 10.2. The lowest BCUT2D eigenvalue weighted by Gasteiger charge is -2.09. The predicted octanol–water partition coefficient (Wildman–Crippen LogP) is 2.09. The van der Waals surface area contributed by atoms with Crippen LogP contribution in [0.5, 0.6) is 0 Å². The third kappa shape index (κ3) is 3.69. The van der Waals surface area contributed by atoms with Crippen molar-refractivity contribution in [1.29, 1.82) is 0 Å². The minimum absolute atomic E-state index is 0.288. The summed E-state index contributed by atoms with van der Waals surface area (Å²) >= 11 is 3.42. The van der Waals surface area contributed by atoms with Gasteiger partial charge in [0.15, 0.2) is 11.2 Å². The van der Waals surface area contributed by atoms with Gasteiger partial charge in [0.25, 0.3) is 5.56 Å². The molecule has 9 nitrogen and oxygen atoms in total. The maximum absolute atomic E-state index is 12.9. The van der Waals surface area contributed by atoms with E-state index in [4.69, 9.17) is 0 Å². The minimum atomic E-state index is -0.440. The quantitative estimate of drug-likeness (QED) is 0.357. The third-order valence-corrected chi connectivity index (χ3v) is 5.18. The van der Waals surface area contributed by atoms with Gasteiger partial charge in [-0.25, -0.2) is 10.2 Å². The van der Waals surface area contributed by atoms with Gasteiger partial charge >= 0.3 is 5.69 Å². The Bertz CT molecular complexity index is 1350. The van der Waals surface area contributed by atoms with Crippen LogP contribution in [0.4, 0.5) is 5.95 Å². The van der Waals surface area contributed by atoms with Gasteiger partial charge < -0.3 is 0 Å². The molecule has 152 valence electrons. The maximum Gasteiger partial charge on any atom is 0.332 e. The van der Waals surface area contributed by atoms with Crippen LogP contribution >= 0.6 is 15.9 Å². The second-order valence-corrected chi connectivity index (χ2v) is 7.57. The molecule has 0 spiro atoms. The highest BCUT2D eigenvalue weighted by Crippen LogP contribution is 2.19. The highest BCUT2D eigenvalue weighted by molar-refractivity contribution is 9.10. The number of hydrazone groups is 1. The molecule has 0 unspecified atom stereocenters. The highest BCUT2D eigenvalue weighted by Gasteiger charge is 2.19. The maximum atomic E-state index is 12.9. The SMILES string of the molecule is Cn1c(=O)c2c(nc(N/N=C/c3ccccn3)n2Cc2ccc(Br)cc2)n(C)c1=O. The molecule has 0 atom stereocenters. The Labute approximate surface area is 179 Å². The Hall–Kier alpha value is -3.53. The van der Waals surface area contributed by atoms with Gasteiger partial charge in [-0.05, 0) is 29.8 Å². The number of halogens is 1. The number of nitrogens with zero attached hydrogens (tertiary/aromatic N) is 6. The van der Waals surface area contributed by atoms with Crippen molar-refractivity contribution in [1.82, 2.24) is 23.7 Å². The van der Waals surface area contributed by atoms with E-state index in [1.54, 1.807) is 24.0 Å². The Morgan fingerprint density at radius 3 is 2.57 bits per heavy atom. The Morgan fingerprint density at radius 1 is 1.10 bits per heavy atom. The molecule has 0 aliphatic rings. The van der Waals surface area contributed by atoms with Gasteiger partial charge in [0.05, 0.1) is 18.5 Å². The van der Waals surface area contributed by atoms with E-state index in [-0.39, 0.29) is 5.65 Å². The van der Waals surface area contributed by atoms with E-state index >= 15 is 0 Å². The molecule has 0 radical (unpaired) electrons. The summed E-state index contributed by atoms with van der Waals surface area (Å²) in [6.45, 7) is 0.374. The molecule has 0 fully saturated rings. The number of pyridine rings is 1. The topological polar surface area (TPSA) is 99.1 Å². The van der Waals surface area contributed by atoms with E-state index in [1.165, 1.54) is 11.6 Å². The third-order valence-electron chi connectivity index (χ3n) is 4.65. The molecule has 3 aromatic heterocycles. The molecule has 0 saturated carbocycles. The molecule has 1 aromatic carbocycles. The van der Waals surface area contributed by atoms with Crippen LogP contribution < -0.4 is 16.7 Å². The number of imidazole rings is 1. The second kappa shape index (κ2) is 8.07. The standard InChI is InChI=1S/C20H18BrN7O2/c1-26-17-16(18(29)27(2)20(26)30)28(12-13-6-8-14(21)9-7-13)19(24-17)25-23-11-15-5-3-4-10-22-15/h3-11H,12H2,1-2H3,(H,24,25)/b23-11+. The van der Waals surface area contributed by atoms with Crippen molar-refractivity contribution in [3.63, 3.8) is 0 Å². The molecular formula is C20H18BrN7O2. The fourth-order valence-electron chi connectivity index (χ4n) is 3.07. The Kier molecular flexibility index (Phi) is 5.32. The van der Waals surface area contributed by atoms with Crippen LogP contribution in [0.1, 0.15) is 11.3 Å². The van der Waals surface area contributed by atoms with Crippen molar-refractivity contribution in [2.45, 2.75) is 6.54 Å². The molecule has 3 heterocycles. The van der Waals surface area contributed by atoms with Crippen LogP contribution in [0.2, 0.25) is 0 Å². The van der Waals surface area contributed by atoms with E-state index in [2.05, 4.69) is 36.4 Å². The fraction of sp³-hybridized carbons (Fsp3) is 0.150. The summed E-state index contributed by atoms with van der Waals surface area (Å²) < 4.78 is 5.10. The number of fused-ring (bicyclic) bond motifs is 1. The highest BCUT2D eigenvalue weighted by atomic mass is 79.9. The number of rotatable bonds is 5. The average Bonchev–Trinajstić information content (AvgIpc) is 3.11. The number of benzene rings is 1. The van der Waals surface area contributed by atoms with Crippen LogP contribution in [0.3, 0.4) is 0 Å². The molecule has 0 aliphatic heterocycles. The first kappa shape index (κ1) is 19.8. The lowest BCUT2D eigenvalue weighted by molar-refractivity contribution is 0.702. The summed E-state index contributed by atoms with van der Waals surface area (Å²) in [5, 5.41) is 4.20. The van der Waals surface area contributed by atoms with E-state index in [1.807, 2.05) is 42.5 Å². The second-order valence-electron chi connectivity index (χ2n) is 6.65. The molecule has 4 aromatic rings. The summed E-state index contributed by atoms with van der Waals surface area (Å²) in [7, 11) is 3.04.